The van der Waals surface area contributed by atoms with Gasteiger partial charge in [-0.15, -0.1) is 17.9 Å². The molecule has 30 heavy (non-hydrogen) atoms. The number of nitrogens with zero attached hydrogens (tertiary/aromatic N) is 6. The molecule has 0 fully saturated rings. The molecule has 9 nitrogen and oxygen atoms in total. The van der Waals surface area contributed by atoms with Crippen LogP contribution in [0.1, 0.15) is 27.4 Å². The van der Waals surface area contributed by atoms with E-state index in [1.165, 1.54) is 17.7 Å². The van der Waals surface area contributed by atoms with Crippen LogP contribution in [0, 0.1) is 4.77 Å². The van der Waals surface area contributed by atoms with Crippen molar-refractivity contribution in [2.24, 2.45) is 0 Å². The number of nitrogens with one attached hydrogen (secondary N) is 2. The quantitative estimate of drug-likeness (QED) is 0.323. The van der Waals surface area contributed by atoms with Gasteiger partial charge in [-0.3, -0.25) is 19.8 Å². The van der Waals surface area contributed by atoms with Gasteiger partial charge in [-0.2, -0.15) is 10.2 Å². The summed E-state index contributed by atoms with van der Waals surface area (Å²) in [6.45, 7) is 4.91. The number of allylic oxidation sites excluding steroid dienone is 1. The highest BCUT2D eigenvalue weighted by molar-refractivity contribution is 7.71. The number of aromatic nitrogens is 7. The molecule has 0 spiro atoms. The van der Waals surface area contributed by atoms with Gasteiger partial charge in [0.25, 0.3) is 5.91 Å². The van der Waals surface area contributed by atoms with Crippen LogP contribution in [-0.4, -0.2) is 40.4 Å². The van der Waals surface area contributed by atoms with E-state index in [4.69, 9.17) is 12.2 Å². The third kappa shape index (κ3) is 4.58. The molecule has 0 aliphatic carbocycles. The lowest BCUT2D eigenvalue weighted by molar-refractivity contribution is 0.102. The molecule has 3 aromatic heterocycles. The third-order valence-electron chi connectivity index (χ3n) is 4.29. The smallest absolute Gasteiger partial charge is 0.257 e. The Morgan fingerprint density at radius 2 is 2.17 bits per heavy atom. The van der Waals surface area contributed by atoms with Crippen molar-refractivity contribution >= 4 is 34.6 Å². The van der Waals surface area contributed by atoms with Crippen molar-refractivity contribution in [3.05, 3.63) is 82.4 Å². The van der Waals surface area contributed by atoms with Crippen molar-refractivity contribution < 1.29 is 4.79 Å². The molecule has 0 saturated carbocycles. The van der Waals surface area contributed by atoms with Gasteiger partial charge in [0.05, 0.1) is 18.7 Å². The topological polar surface area (TPSA) is 106 Å². The number of benzene rings is 1. The normalized spacial score (nSPS) is 10.8. The summed E-state index contributed by atoms with van der Waals surface area (Å²) in [7, 11) is 0. The van der Waals surface area contributed by atoms with Crippen LogP contribution in [0.3, 0.4) is 0 Å². The van der Waals surface area contributed by atoms with Crippen LogP contribution < -0.4 is 5.32 Å². The van der Waals surface area contributed by atoms with Crippen LogP contribution in [0.2, 0.25) is 0 Å². The third-order valence-corrected chi connectivity index (χ3v) is 5.41. The number of carbonyl (C=O) groups is 1. The van der Waals surface area contributed by atoms with E-state index in [0.29, 0.717) is 35.0 Å². The average molecular weight is 439 g/mol. The van der Waals surface area contributed by atoms with Gasteiger partial charge in [0.2, 0.25) is 0 Å². The molecule has 152 valence electrons. The van der Waals surface area contributed by atoms with Crippen LogP contribution in [0.15, 0.2) is 55.0 Å². The van der Waals surface area contributed by atoms with Crippen LogP contribution >= 0.6 is 23.6 Å². The molecular formula is C19H18N8OS2. The van der Waals surface area contributed by atoms with E-state index < -0.39 is 0 Å². The van der Waals surface area contributed by atoms with Gasteiger partial charge in [0.15, 0.2) is 9.90 Å². The summed E-state index contributed by atoms with van der Waals surface area (Å²) in [4.78, 5) is 20.9. The number of thiazole rings is 1. The molecule has 0 aliphatic rings. The molecule has 2 N–H and O–H groups in total. The fraction of sp³-hybridized carbons (Fsp3) is 0.158. The van der Waals surface area contributed by atoms with Crippen molar-refractivity contribution in [3.8, 4) is 0 Å². The van der Waals surface area contributed by atoms with Gasteiger partial charge in [-0.05, 0) is 29.9 Å². The summed E-state index contributed by atoms with van der Waals surface area (Å²) in [5.41, 5.74) is 2.39. The Bertz CT molecular complexity index is 1200. The van der Waals surface area contributed by atoms with E-state index in [1.54, 1.807) is 29.2 Å². The first-order valence-corrected chi connectivity index (χ1v) is 10.3. The van der Waals surface area contributed by atoms with Crippen LogP contribution in [0.5, 0.6) is 0 Å². The number of rotatable bonds is 8. The van der Waals surface area contributed by atoms with Crippen molar-refractivity contribution in [3.63, 3.8) is 0 Å². The number of hydrogen-bond donors (Lipinski definition) is 2. The van der Waals surface area contributed by atoms with E-state index in [2.05, 4.69) is 37.2 Å². The fourth-order valence-electron chi connectivity index (χ4n) is 2.84. The summed E-state index contributed by atoms with van der Waals surface area (Å²) >= 11 is 6.60. The van der Waals surface area contributed by atoms with Crippen molar-refractivity contribution in [2.75, 3.05) is 5.32 Å². The molecule has 1 amide bonds. The SMILES string of the molecule is C=CCn1c(Cc2csc(NC(=O)c3ccc(Cn4cncn4)cc3)n2)n[nH]c1=S. The van der Waals surface area contributed by atoms with E-state index in [-0.39, 0.29) is 5.91 Å². The Morgan fingerprint density at radius 1 is 1.33 bits per heavy atom. The lowest BCUT2D eigenvalue weighted by Crippen LogP contribution is -2.12. The Kier molecular flexibility index (Phi) is 5.91. The second-order valence-electron chi connectivity index (χ2n) is 6.41. The predicted molar refractivity (Wildman–Crippen MR) is 116 cm³/mol. The first kappa shape index (κ1) is 19.9. The number of amides is 1. The summed E-state index contributed by atoms with van der Waals surface area (Å²) in [5, 5.41) is 16.4. The van der Waals surface area contributed by atoms with Gasteiger partial charge in [0.1, 0.15) is 18.5 Å². The number of aromatic amines is 1. The van der Waals surface area contributed by atoms with Crippen molar-refractivity contribution in [2.45, 2.75) is 19.5 Å². The summed E-state index contributed by atoms with van der Waals surface area (Å²) in [6, 6.07) is 7.35. The maximum atomic E-state index is 12.5. The molecule has 0 unspecified atom stereocenters. The number of hydrogen-bond acceptors (Lipinski definition) is 7. The zero-order valence-electron chi connectivity index (χ0n) is 15.9. The lowest BCUT2D eigenvalue weighted by atomic mass is 10.1. The number of H-pyrrole nitrogens is 1. The van der Waals surface area contributed by atoms with Gasteiger partial charge < -0.3 is 0 Å². The van der Waals surface area contributed by atoms with E-state index in [0.717, 1.165) is 17.1 Å². The molecule has 1 aromatic carbocycles. The van der Waals surface area contributed by atoms with Crippen LogP contribution in [0.4, 0.5) is 5.13 Å². The van der Waals surface area contributed by atoms with Crippen LogP contribution in [-0.2, 0) is 19.5 Å². The molecule has 4 aromatic rings. The van der Waals surface area contributed by atoms with E-state index in [9.17, 15) is 4.79 Å². The molecule has 0 aliphatic heterocycles. The fourth-order valence-corrected chi connectivity index (χ4v) is 3.77. The Hall–Kier alpha value is -3.44. The highest BCUT2D eigenvalue weighted by Gasteiger charge is 2.12. The molecule has 0 bridgehead atoms. The van der Waals surface area contributed by atoms with Gasteiger partial charge >= 0.3 is 0 Å². The zero-order chi connectivity index (χ0) is 20.9. The molecule has 11 heteroatoms. The standard InChI is InChI=1S/C19H18N8OS2/c1-2-7-27-16(24-25-19(27)29)8-15-10-30-18(22-15)23-17(28)14-5-3-13(4-6-14)9-26-12-20-11-21-26/h2-6,10-12H,1,7-9H2,(H,25,29)(H,22,23,28). The van der Waals surface area contributed by atoms with Crippen molar-refractivity contribution in [1.82, 2.24) is 34.5 Å². The maximum Gasteiger partial charge on any atom is 0.257 e. The first-order valence-electron chi connectivity index (χ1n) is 9.04. The minimum Gasteiger partial charge on any atom is -0.300 e. The summed E-state index contributed by atoms with van der Waals surface area (Å²) < 4.78 is 4.13. The number of anilines is 1. The lowest BCUT2D eigenvalue weighted by Gasteiger charge is -2.04. The highest BCUT2D eigenvalue weighted by Crippen LogP contribution is 2.19. The van der Waals surface area contributed by atoms with E-state index in [1.807, 2.05) is 22.1 Å². The first-order chi connectivity index (χ1) is 14.6. The monoisotopic (exact) mass is 438 g/mol. The molecular weight excluding hydrogens is 420 g/mol. The summed E-state index contributed by atoms with van der Waals surface area (Å²) in [5.74, 6) is 0.559. The molecule has 0 saturated heterocycles. The minimum atomic E-state index is -0.211. The van der Waals surface area contributed by atoms with Gasteiger partial charge in [0, 0.05) is 17.5 Å². The molecule has 4 rings (SSSR count). The second kappa shape index (κ2) is 8.93. The average Bonchev–Trinajstić information content (AvgIpc) is 3.48. The Morgan fingerprint density at radius 3 is 2.90 bits per heavy atom. The minimum absolute atomic E-state index is 0.211. The van der Waals surface area contributed by atoms with Crippen LogP contribution in [0.25, 0.3) is 0 Å². The van der Waals surface area contributed by atoms with E-state index >= 15 is 0 Å². The maximum absolute atomic E-state index is 12.5. The van der Waals surface area contributed by atoms with Crippen molar-refractivity contribution in [1.29, 1.82) is 0 Å². The molecule has 0 atom stereocenters. The largest absolute Gasteiger partial charge is 0.300 e. The van der Waals surface area contributed by atoms with Gasteiger partial charge in [-0.1, -0.05) is 18.2 Å². The van der Waals surface area contributed by atoms with Gasteiger partial charge in [-0.25, -0.2) is 14.6 Å². The number of carbonyl (C=O) groups excluding carboxylic acids is 1. The second-order valence-corrected chi connectivity index (χ2v) is 7.65. The highest BCUT2D eigenvalue weighted by atomic mass is 32.1. The Balaban J connectivity index is 1.39. The summed E-state index contributed by atoms with van der Waals surface area (Å²) in [6.07, 6.45) is 5.41. The predicted octanol–water partition coefficient (Wildman–Crippen LogP) is 3.07. The Labute approximate surface area is 181 Å². The molecule has 0 radical (unpaired) electrons. The molecule has 3 heterocycles. The zero-order valence-corrected chi connectivity index (χ0v) is 17.5.